The topological polar surface area (TPSA) is 115 Å². The molecule has 36 heavy (non-hydrogen) atoms. The van der Waals surface area contributed by atoms with E-state index in [1.807, 2.05) is 72.8 Å². The zero-order chi connectivity index (χ0) is 25.8. The van der Waals surface area contributed by atoms with E-state index in [-0.39, 0.29) is 30.8 Å². The molecule has 0 fully saturated rings. The minimum Gasteiger partial charge on any atom is -0.493 e. The van der Waals surface area contributed by atoms with E-state index < -0.39 is 13.1 Å². The van der Waals surface area contributed by atoms with Gasteiger partial charge >= 0.3 is 7.12 Å². The molecule has 0 aliphatic heterocycles. The van der Waals surface area contributed by atoms with Crippen LogP contribution in [0, 0.1) is 17.2 Å². The van der Waals surface area contributed by atoms with Gasteiger partial charge in [0.25, 0.3) is 0 Å². The zero-order valence-electron chi connectivity index (χ0n) is 20.5. The van der Waals surface area contributed by atoms with Gasteiger partial charge in [0.15, 0.2) is 0 Å². The molecule has 0 saturated carbocycles. The third-order valence-corrected chi connectivity index (χ3v) is 6.14. The number of nitrogens with zero attached hydrogens (tertiary/aromatic N) is 2. The third kappa shape index (κ3) is 8.23. The second-order valence-electron chi connectivity index (χ2n) is 8.76. The number of nitrogens with one attached hydrogen (secondary N) is 1. The molecular weight excluding hydrogens is 453 g/mol. The molecule has 186 valence electrons. The van der Waals surface area contributed by atoms with Crippen molar-refractivity contribution in [1.29, 1.82) is 5.26 Å². The predicted octanol–water partition coefficient (Wildman–Crippen LogP) is 3.47. The monoisotopic (exact) mass is 485 g/mol. The summed E-state index contributed by atoms with van der Waals surface area (Å²) in [6.07, 6.45) is 3.64. The van der Waals surface area contributed by atoms with Gasteiger partial charge in [-0.2, -0.15) is 5.26 Å². The maximum absolute atomic E-state index is 12.4. The summed E-state index contributed by atoms with van der Waals surface area (Å²) in [4.78, 5) is 16.8. The van der Waals surface area contributed by atoms with Gasteiger partial charge in [-0.15, -0.1) is 0 Å². The lowest BCUT2D eigenvalue weighted by atomic mass is 9.76. The summed E-state index contributed by atoms with van der Waals surface area (Å²) in [6, 6.07) is 25.1. The Morgan fingerprint density at radius 1 is 1.06 bits per heavy atom. The van der Waals surface area contributed by atoms with E-state index in [2.05, 4.69) is 23.3 Å². The number of pyridine rings is 1. The van der Waals surface area contributed by atoms with Crippen LogP contribution in [0.5, 0.6) is 5.75 Å². The smallest absolute Gasteiger partial charge is 0.475 e. The van der Waals surface area contributed by atoms with E-state index in [4.69, 9.17) is 4.74 Å². The molecule has 2 aromatic carbocycles. The average molecular weight is 485 g/mol. The van der Waals surface area contributed by atoms with Crippen LogP contribution in [0.3, 0.4) is 0 Å². The number of hydrogen-bond acceptors (Lipinski definition) is 6. The number of hydrogen-bond donors (Lipinski definition) is 3. The molecule has 0 aliphatic rings. The van der Waals surface area contributed by atoms with Crippen LogP contribution in [-0.2, 0) is 17.6 Å². The fourth-order valence-electron chi connectivity index (χ4n) is 4.18. The van der Waals surface area contributed by atoms with Crippen LogP contribution in [0.15, 0.2) is 79.0 Å². The highest BCUT2D eigenvalue weighted by Gasteiger charge is 2.26. The van der Waals surface area contributed by atoms with Crippen molar-refractivity contribution in [3.8, 4) is 11.8 Å². The number of amides is 1. The van der Waals surface area contributed by atoms with Crippen molar-refractivity contribution in [1.82, 2.24) is 10.3 Å². The van der Waals surface area contributed by atoms with E-state index in [1.54, 1.807) is 6.20 Å². The lowest BCUT2D eigenvalue weighted by Crippen LogP contribution is -2.48. The number of benzene rings is 2. The number of carbonyl (C=O) groups excluding carboxylic acids is 1. The van der Waals surface area contributed by atoms with E-state index >= 15 is 0 Å². The van der Waals surface area contributed by atoms with Crippen molar-refractivity contribution in [2.45, 2.75) is 44.5 Å². The highest BCUT2D eigenvalue weighted by molar-refractivity contribution is 6.43. The SMILES string of the molecule is CCC(Cc1cccc(OCCC(=O)N[C@@H](Cc2ccccc2)B(O)O)c1)C(C#N)c1ccccn1. The van der Waals surface area contributed by atoms with Crippen molar-refractivity contribution in [3.63, 3.8) is 0 Å². The first kappa shape index (κ1) is 26.9. The summed E-state index contributed by atoms with van der Waals surface area (Å²) < 4.78 is 5.80. The fraction of sp³-hybridized carbons (Fsp3) is 0.321. The molecule has 8 heteroatoms. The van der Waals surface area contributed by atoms with E-state index in [0.717, 1.165) is 23.2 Å². The summed E-state index contributed by atoms with van der Waals surface area (Å²) >= 11 is 0. The molecule has 0 radical (unpaired) electrons. The number of nitriles is 1. The van der Waals surface area contributed by atoms with Crippen molar-refractivity contribution in [2.75, 3.05) is 6.61 Å². The van der Waals surface area contributed by atoms with Gasteiger partial charge in [-0.05, 0) is 54.2 Å². The molecule has 7 nitrogen and oxygen atoms in total. The molecule has 0 bridgehead atoms. The van der Waals surface area contributed by atoms with Gasteiger partial charge in [-0.1, -0.05) is 61.9 Å². The summed E-state index contributed by atoms with van der Waals surface area (Å²) in [5.74, 6) is -0.670. The van der Waals surface area contributed by atoms with E-state index in [9.17, 15) is 20.1 Å². The average Bonchev–Trinajstić information content (AvgIpc) is 2.89. The van der Waals surface area contributed by atoms with Gasteiger partial charge in [0, 0.05) is 6.20 Å². The Morgan fingerprint density at radius 2 is 1.81 bits per heavy atom. The zero-order valence-corrected chi connectivity index (χ0v) is 20.5. The highest BCUT2D eigenvalue weighted by Crippen LogP contribution is 2.29. The maximum atomic E-state index is 12.4. The quantitative estimate of drug-likeness (QED) is 0.320. The van der Waals surface area contributed by atoms with Crippen LogP contribution >= 0.6 is 0 Å². The number of carbonyl (C=O) groups is 1. The Balaban J connectivity index is 1.52. The highest BCUT2D eigenvalue weighted by atomic mass is 16.5. The van der Waals surface area contributed by atoms with Crippen LogP contribution in [0.1, 0.15) is 42.5 Å². The lowest BCUT2D eigenvalue weighted by Gasteiger charge is -2.20. The Labute approximate surface area is 212 Å². The normalized spacial score (nSPS) is 13.2. The summed E-state index contributed by atoms with van der Waals surface area (Å²) in [6.45, 7) is 2.23. The third-order valence-electron chi connectivity index (χ3n) is 6.14. The number of ether oxygens (including phenoxy) is 1. The van der Waals surface area contributed by atoms with Crippen molar-refractivity contribution < 1.29 is 19.6 Å². The Kier molecular flexibility index (Phi) is 10.5. The van der Waals surface area contributed by atoms with Crippen molar-refractivity contribution >= 4 is 13.0 Å². The first-order valence-corrected chi connectivity index (χ1v) is 12.2. The fourth-order valence-corrected chi connectivity index (χ4v) is 4.18. The Bertz CT molecular complexity index is 1120. The van der Waals surface area contributed by atoms with Crippen LogP contribution in [-0.4, -0.2) is 40.6 Å². The largest absolute Gasteiger partial charge is 0.493 e. The molecule has 1 aromatic heterocycles. The number of aromatic nitrogens is 1. The maximum Gasteiger partial charge on any atom is 0.475 e. The van der Waals surface area contributed by atoms with E-state index in [1.165, 1.54) is 0 Å². The van der Waals surface area contributed by atoms with E-state index in [0.29, 0.717) is 18.6 Å². The summed E-state index contributed by atoms with van der Waals surface area (Å²) in [5.41, 5.74) is 2.73. The molecule has 0 aliphatic carbocycles. The molecule has 3 rings (SSSR count). The minimum absolute atomic E-state index is 0.0794. The Hall–Kier alpha value is -3.67. The molecule has 1 heterocycles. The Morgan fingerprint density at radius 3 is 2.47 bits per heavy atom. The molecule has 1 amide bonds. The second kappa shape index (κ2) is 14.0. The number of rotatable bonds is 13. The van der Waals surface area contributed by atoms with Gasteiger partial charge in [0.2, 0.25) is 5.91 Å². The van der Waals surface area contributed by atoms with Gasteiger partial charge in [0.05, 0.1) is 36.6 Å². The summed E-state index contributed by atoms with van der Waals surface area (Å²) in [7, 11) is -1.67. The molecule has 3 N–H and O–H groups in total. The lowest BCUT2D eigenvalue weighted by molar-refractivity contribution is -0.122. The first-order valence-electron chi connectivity index (χ1n) is 12.2. The van der Waals surface area contributed by atoms with Crippen LogP contribution in [0.2, 0.25) is 0 Å². The van der Waals surface area contributed by atoms with Crippen LogP contribution in [0.25, 0.3) is 0 Å². The van der Waals surface area contributed by atoms with Crippen molar-refractivity contribution in [2.24, 2.45) is 5.92 Å². The molecule has 3 atom stereocenters. The first-order chi connectivity index (χ1) is 17.5. The molecule has 0 spiro atoms. The van der Waals surface area contributed by atoms with Gasteiger partial charge < -0.3 is 20.1 Å². The predicted molar refractivity (Wildman–Crippen MR) is 139 cm³/mol. The van der Waals surface area contributed by atoms with Gasteiger partial charge in [-0.3, -0.25) is 9.78 Å². The van der Waals surface area contributed by atoms with Gasteiger partial charge in [0.1, 0.15) is 5.75 Å². The second-order valence-corrected chi connectivity index (χ2v) is 8.76. The molecular formula is C28H32BN3O4. The molecule has 3 aromatic rings. The van der Waals surface area contributed by atoms with Gasteiger partial charge in [-0.25, -0.2) is 0 Å². The minimum atomic E-state index is -1.67. The standard InChI is InChI=1S/C28H32BN3O4/c1-2-23(25(20-30)26-13-6-7-15-31-26)17-22-11-8-12-24(18-22)36-16-14-28(33)32-27(29(34)35)19-21-9-4-3-5-10-21/h3-13,15,18,23,25,27,34-35H,2,14,16-17,19H2,1H3,(H,32,33)/t23?,25?,27-/m0/s1. The molecule has 0 saturated heterocycles. The van der Waals surface area contributed by atoms with Crippen molar-refractivity contribution in [3.05, 3.63) is 95.8 Å². The van der Waals surface area contributed by atoms with Crippen LogP contribution < -0.4 is 10.1 Å². The molecule has 2 unspecified atom stereocenters. The summed E-state index contributed by atoms with van der Waals surface area (Å²) in [5, 5.41) is 31.8. The van der Waals surface area contributed by atoms with Crippen LogP contribution in [0.4, 0.5) is 0 Å².